The molecule has 0 saturated heterocycles. The van der Waals surface area contributed by atoms with Gasteiger partial charge in [-0.3, -0.25) is 9.78 Å². The number of fused-ring (bicyclic) bond motifs is 2. The standard InChI is InChI=1S/C30H23ClN2O3/c1-17-3-4-21(13-22(17)28(34)35)25-16-30(25)24-14-23(26(31)15-27(24)33(2)29(30)36)20-7-5-18(6-8-20)19-9-11-32-12-10-19/h3-15,25H,16H2,1-2H3,(H,34,35). The molecule has 2 unspecified atom stereocenters. The Kier molecular flexibility index (Phi) is 5.02. The zero-order chi connectivity index (χ0) is 25.2. The van der Waals surface area contributed by atoms with Crippen LogP contribution in [0.25, 0.3) is 22.3 Å². The van der Waals surface area contributed by atoms with Gasteiger partial charge in [0, 0.05) is 36.6 Å². The number of aryl methyl sites for hydroxylation is 1. The third-order valence-electron chi connectivity index (χ3n) is 7.68. The molecular formula is C30H23ClN2O3. The highest BCUT2D eigenvalue weighted by atomic mass is 35.5. The van der Waals surface area contributed by atoms with Gasteiger partial charge in [-0.05, 0) is 77.1 Å². The molecule has 2 aliphatic rings. The maximum Gasteiger partial charge on any atom is 0.335 e. The summed E-state index contributed by atoms with van der Waals surface area (Å²) < 4.78 is 0. The summed E-state index contributed by atoms with van der Waals surface area (Å²) in [5, 5.41) is 10.2. The molecule has 1 saturated carbocycles. The van der Waals surface area contributed by atoms with Crippen molar-refractivity contribution in [2.24, 2.45) is 0 Å². The summed E-state index contributed by atoms with van der Waals surface area (Å²) in [6.45, 7) is 1.79. The second-order valence-corrected chi connectivity index (χ2v) is 10.0. The van der Waals surface area contributed by atoms with Crippen molar-refractivity contribution in [2.45, 2.75) is 24.7 Å². The second-order valence-electron chi connectivity index (χ2n) is 9.63. The maximum atomic E-state index is 13.5. The summed E-state index contributed by atoms with van der Waals surface area (Å²) in [5.74, 6) is -1.000. The SMILES string of the molecule is Cc1ccc(C2CC23C(=O)N(C)c2cc(Cl)c(-c4ccc(-c5ccncc5)cc4)cc23)cc1C(=O)O. The van der Waals surface area contributed by atoms with E-state index in [4.69, 9.17) is 11.6 Å². The second kappa shape index (κ2) is 8.04. The lowest BCUT2D eigenvalue weighted by molar-refractivity contribution is -0.120. The minimum absolute atomic E-state index is 0.0289. The molecule has 2 atom stereocenters. The Morgan fingerprint density at radius 2 is 1.67 bits per heavy atom. The van der Waals surface area contributed by atoms with Crippen molar-refractivity contribution in [2.75, 3.05) is 11.9 Å². The number of rotatable bonds is 4. The van der Waals surface area contributed by atoms with Gasteiger partial charge in [0.15, 0.2) is 0 Å². The minimum Gasteiger partial charge on any atom is -0.478 e. The summed E-state index contributed by atoms with van der Waals surface area (Å²) >= 11 is 6.74. The number of likely N-dealkylation sites (N-methyl/N-ethyl adjacent to an activating group) is 1. The predicted molar refractivity (Wildman–Crippen MR) is 141 cm³/mol. The molecule has 5 nitrogen and oxygen atoms in total. The molecule has 1 N–H and O–H groups in total. The third-order valence-corrected chi connectivity index (χ3v) is 7.99. The lowest BCUT2D eigenvalue weighted by Crippen LogP contribution is -2.29. The quantitative estimate of drug-likeness (QED) is 0.352. The Morgan fingerprint density at radius 3 is 2.36 bits per heavy atom. The summed E-state index contributed by atoms with van der Waals surface area (Å²) in [5.41, 5.74) is 6.96. The Labute approximate surface area is 214 Å². The number of hydrogen-bond acceptors (Lipinski definition) is 3. The lowest BCUT2D eigenvalue weighted by atomic mass is 9.89. The fourth-order valence-electron chi connectivity index (χ4n) is 5.62. The van der Waals surface area contributed by atoms with Gasteiger partial charge in [-0.25, -0.2) is 4.79 Å². The van der Waals surface area contributed by atoms with Gasteiger partial charge in [-0.1, -0.05) is 48.0 Å². The fraction of sp³-hybridized carbons (Fsp3) is 0.167. The van der Waals surface area contributed by atoms with Gasteiger partial charge in [-0.15, -0.1) is 0 Å². The Hall–Kier alpha value is -3.96. The van der Waals surface area contributed by atoms with E-state index in [1.807, 2.05) is 48.5 Å². The molecular weight excluding hydrogens is 472 g/mol. The number of aromatic nitrogens is 1. The van der Waals surface area contributed by atoms with E-state index in [-0.39, 0.29) is 17.4 Å². The van der Waals surface area contributed by atoms with E-state index in [9.17, 15) is 14.7 Å². The first-order valence-corrected chi connectivity index (χ1v) is 12.2. The van der Waals surface area contributed by atoms with E-state index in [1.54, 1.807) is 37.3 Å². The lowest BCUT2D eigenvalue weighted by Gasteiger charge is -2.13. The molecule has 1 fully saturated rings. The highest BCUT2D eigenvalue weighted by molar-refractivity contribution is 6.34. The summed E-state index contributed by atoms with van der Waals surface area (Å²) in [6.07, 6.45) is 4.19. The van der Waals surface area contributed by atoms with E-state index in [0.29, 0.717) is 17.0 Å². The number of nitrogens with zero attached hydrogens (tertiary/aromatic N) is 2. The van der Waals surface area contributed by atoms with E-state index in [2.05, 4.69) is 17.1 Å². The molecule has 1 spiro atoms. The van der Waals surface area contributed by atoms with Crippen LogP contribution < -0.4 is 4.90 Å². The van der Waals surface area contributed by atoms with E-state index < -0.39 is 11.4 Å². The molecule has 1 aromatic heterocycles. The smallest absolute Gasteiger partial charge is 0.335 e. The van der Waals surface area contributed by atoms with Crippen molar-refractivity contribution in [1.29, 1.82) is 0 Å². The monoisotopic (exact) mass is 494 g/mol. The molecule has 178 valence electrons. The van der Waals surface area contributed by atoms with Crippen molar-refractivity contribution in [3.63, 3.8) is 0 Å². The van der Waals surface area contributed by atoms with Crippen molar-refractivity contribution < 1.29 is 14.7 Å². The molecule has 3 aromatic carbocycles. The number of pyridine rings is 1. The van der Waals surface area contributed by atoms with Gasteiger partial charge in [0.05, 0.1) is 16.0 Å². The molecule has 1 aliphatic heterocycles. The van der Waals surface area contributed by atoms with Crippen molar-refractivity contribution in [3.05, 3.63) is 106 Å². The zero-order valence-electron chi connectivity index (χ0n) is 19.8. The third kappa shape index (κ3) is 3.27. The number of aromatic carboxylic acids is 1. The number of carboxylic acids is 1. The highest BCUT2D eigenvalue weighted by Crippen LogP contribution is 2.66. The van der Waals surface area contributed by atoms with Gasteiger partial charge < -0.3 is 10.0 Å². The summed E-state index contributed by atoms with van der Waals surface area (Å²) in [4.78, 5) is 31.0. The van der Waals surface area contributed by atoms with Crippen molar-refractivity contribution in [3.8, 4) is 22.3 Å². The number of benzene rings is 3. The van der Waals surface area contributed by atoms with Crippen LogP contribution in [0.2, 0.25) is 5.02 Å². The molecule has 2 heterocycles. The van der Waals surface area contributed by atoms with Crippen LogP contribution >= 0.6 is 11.6 Å². The van der Waals surface area contributed by atoms with Gasteiger partial charge >= 0.3 is 5.97 Å². The molecule has 6 heteroatoms. The van der Waals surface area contributed by atoms with Gasteiger partial charge in [-0.2, -0.15) is 0 Å². The van der Waals surface area contributed by atoms with Crippen LogP contribution in [0.5, 0.6) is 0 Å². The van der Waals surface area contributed by atoms with Crippen LogP contribution in [0.1, 0.15) is 39.4 Å². The van der Waals surface area contributed by atoms with Crippen LogP contribution in [0.15, 0.2) is 79.1 Å². The molecule has 0 bridgehead atoms. The largest absolute Gasteiger partial charge is 0.478 e. The Morgan fingerprint density at radius 1 is 1.00 bits per heavy atom. The van der Waals surface area contributed by atoms with Crippen LogP contribution in [0, 0.1) is 6.92 Å². The van der Waals surface area contributed by atoms with E-state index in [1.165, 1.54) is 0 Å². The number of hydrogen-bond donors (Lipinski definition) is 1. The highest BCUT2D eigenvalue weighted by Gasteiger charge is 2.66. The molecule has 4 aromatic rings. The molecule has 1 aliphatic carbocycles. The number of carbonyl (C=O) groups is 2. The topological polar surface area (TPSA) is 70.5 Å². The van der Waals surface area contributed by atoms with Gasteiger partial charge in [0.25, 0.3) is 0 Å². The van der Waals surface area contributed by atoms with Gasteiger partial charge in [0.1, 0.15) is 0 Å². The van der Waals surface area contributed by atoms with Crippen LogP contribution in [-0.2, 0) is 10.2 Å². The number of amides is 1. The Bertz CT molecular complexity index is 1550. The van der Waals surface area contributed by atoms with E-state index in [0.717, 1.165) is 39.1 Å². The first-order chi connectivity index (χ1) is 17.3. The number of anilines is 1. The minimum atomic E-state index is -0.955. The normalized spacial score (nSPS) is 20.0. The number of halogens is 1. The number of carbonyl (C=O) groups excluding carboxylic acids is 1. The van der Waals surface area contributed by atoms with Gasteiger partial charge in [0.2, 0.25) is 5.91 Å². The molecule has 36 heavy (non-hydrogen) atoms. The summed E-state index contributed by atoms with van der Waals surface area (Å²) in [7, 11) is 1.78. The molecule has 0 radical (unpaired) electrons. The van der Waals surface area contributed by atoms with Crippen LogP contribution in [-0.4, -0.2) is 29.0 Å². The zero-order valence-corrected chi connectivity index (χ0v) is 20.6. The van der Waals surface area contributed by atoms with E-state index >= 15 is 0 Å². The first kappa shape index (κ1) is 22.5. The molecule has 1 amide bonds. The average molecular weight is 495 g/mol. The first-order valence-electron chi connectivity index (χ1n) is 11.8. The van der Waals surface area contributed by atoms with Crippen molar-refractivity contribution in [1.82, 2.24) is 4.98 Å². The van der Waals surface area contributed by atoms with Crippen molar-refractivity contribution >= 4 is 29.2 Å². The Balaban J connectivity index is 1.41. The molecule has 6 rings (SSSR count). The van der Waals surface area contributed by atoms with Crippen LogP contribution in [0.3, 0.4) is 0 Å². The fourth-order valence-corrected chi connectivity index (χ4v) is 5.88. The summed E-state index contributed by atoms with van der Waals surface area (Å²) in [6, 6.07) is 21.6. The predicted octanol–water partition coefficient (Wildman–Crippen LogP) is 6.48. The van der Waals surface area contributed by atoms with Crippen LogP contribution in [0.4, 0.5) is 5.69 Å². The average Bonchev–Trinajstić information content (AvgIpc) is 3.61. The number of carboxylic acid groups (broad SMARTS) is 1. The maximum absolute atomic E-state index is 13.5.